The summed E-state index contributed by atoms with van der Waals surface area (Å²) in [5, 5.41) is 20.5. The Labute approximate surface area is 219 Å². The highest BCUT2D eigenvalue weighted by atomic mass is 32.2. The van der Waals surface area contributed by atoms with Gasteiger partial charge in [0.25, 0.3) is 6.79 Å². The first-order valence-electron chi connectivity index (χ1n) is 11.2. The van der Waals surface area contributed by atoms with E-state index >= 15 is 0 Å². The van der Waals surface area contributed by atoms with Crippen molar-refractivity contribution in [1.82, 2.24) is 14.8 Å². The first-order chi connectivity index (χ1) is 18.0. The number of carbonyl (C=O) groups is 2. The third kappa shape index (κ3) is 7.52. The number of rotatable bonds is 11. The fraction of sp³-hybridized carbons (Fsp3) is 0.292. The second-order valence-corrected chi connectivity index (χ2v) is 10.2. The molecule has 3 aromatic rings. The molecule has 38 heavy (non-hydrogen) atoms. The average Bonchev–Trinajstić information content (AvgIpc) is 3.32. The summed E-state index contributed by atoms with van der Waals surface area (Å²) < 4.78 is 35.0. The molecule has 3 rings (SSSR count). The van der Waals surface area contributed by atoms with Crippen LogP contribution in [0.1, 0.15) is 23.0 Å². The van der Waals surface area contributed by atoms with Gasteiger partial charge in [-0.05, 0) is 37.3 Å². The van der Waals surface area contributed by atoms with Gasteiger partial charge in [0, 0.05) is 18.7 Å². The lowest BCUT2D eigenvalue weighted by Gasteiger charge is -2.12. The second-order valence-electron chi connectivity index (χ2n) is 8.19. The zero-order chi connectivity index (χ0) is 27.9. The molecule has 0 bridgehead atoms. The van der Waals surface area contributed by atoms with Crippen LogP contribution in [-0.2, 0) is 28.9 Å². The monoisotopic (exact) mass is 545 g/mol. The quantitative estimate of drug-likeness (QED) is 0.0876. The molecule has 0 unspecified atom stereocenters. The number of likely N-dealkylation sites (N-methyl/N-ethyl adjacent to an activating group) is 1. The van der Waals surface area contributed by atoms with Gasteiger partial charge in [0.05, 0.1) is 28.3 Å². The van der Waals surface area contributed by atoms with E-state index < -0.39 is 28.6 Å². The molecule has 0 saturated heterocycles. The van der Waals surface area contributed by atoms with Gasteiger partial charge >= 0.3 is 11.9 Å². The predicted molar refractivity (Wildman–Crippen MR) is 134 cm³/mol. The molecule has 14 heteroatoms. The van der Waals surface area contributed by atoms with Crippen molar-refractivity contribution in [3.05, 3.63) is 71.1 Å². The number of hydrogen-bond acceptors (Lipinski definition) is 10. The summed E-state index contributed by atoms with van der Waals surface area (Å²) in [4.78, 5) is 28.2. The number of esters is 2. The van der Waals surface area contributed by atoms with Gasteiger partial charge in [-0.1, -0.05) is 29.8 Å². The number of hydrogen-bond donors (Lipinski definition) is 0. The van der Waals surface area contributed by atoms with E-state index in [2.05, 4.69) is 20.0 Å². The highest BCUT2D eigenvalue weighted by Gasteiger charge is 2.19. The van der Waals surface area contributed by atoms with Gasteiger partial charge in [-0.3, -0.25) is 4.79 Å². The molecule has 0 radical (unpaired) electrons. The fourth-order valence-electron chi connectivity index (χ4n) is 3.12. The smallest absolute Gasteiger partial charge is 0.358 e. The van der Waals surface area contributed by atoms with E-state index in [-0.39, 0.29) is 28.7 Å². The molecule has 0 aliphatic heterocycles. The minimum absolute atomic E-state index is 0.0174. The van der Waals surface area contributed by atoms with Gasteiger partial charge in [-0.25, -0.2) is 17.9 Å². The van der Waals surface area contributed by atoms with E-state index in [1.807, 2.05) is 31.2 Å². The third-order valence-corrected chi connectivity index (χ3v) is 6.29. The van der Waals surface area contributed by atoms with Gasteiger partial charge < -0.3 is 19.5 Å². The van der Waals surface area contributed by atoms with Crippen molar-refractivity contribution in [2.24, 2.45) is 5.28 Å². The number of aryl methyl sites for hydroxylation is 1. The summed E-state index contributed by atoms with van der Waals surface area (Å²) in [5.41, 5.74) is 2.99. The molecule has 13 nitrogen and oxygen atoms in total. The lowest BCUT2D eigenvalue weighted by atomic mass is 10.1. The van der Waals surface area contributed by atoms with Gasteiger partial charge in [0.2, 0.25) is 5.28 Å². The van der Waals surface area contributed by atoms with Crippen LogP contribution in [0.5, 0.6) is 0 Å². The van der Waals surface area contributed by atoms with Crippen LogP contribution in [-0.4, -0.2) is 73.4 Å². The summed E-state index contributed by atoms with van der Waals surface area (Å²) in [7, 11) is -1.99. The molecule has 202 valence electrons. The third-order valence-electron chi connectivity index (χ3n) is 5.16. The number of hydrazine groups is 1. The molecular formula is C24H27N5O8S. The van der Waals surface area contributed by atoms with E-state index in [4.69, 9.17) is 4.74 Å². The Hall–Kier alpha value is -4.46. The van der Waals surface area contributed by atoms with Crippen molar-refractivity contribution in [2.75, 3.05) is 33.2 Å². The maximum Gasteiger partial charge on any atom is 0.358 e. The second kappa shape index (κ2) is 12.2. The van der Waals surface area contributed by atoms with Crippen LogP contribution in [0.15, 0.2) is 64.8 Å². The molecule has 0 spiro atoms. The van der Waals surface area contributed by atoms with Crippen molar-refractivity contribution < 1.29 is 37.3 Å². The lowest BCUT2D eigenvalue weighted by Crippen LogP contribution is -2.30. The molecule has 0 aliphatic carbocycles. The molecule has 0 atom stereocenters. The van der Waals surface area contributed by atoms with Crippen molar-refractivity contribution in [2.45, 2.75) is 18.7 Å². The number of sulfone groups is 1. The summed E-state index contributed by atoms with van der Waals surface area (Å²) in [6.07, 6.45) is 1.12. The van der Waals surface area contributed by atoms with Crippen molar-refractivity contribution >= 4 is 21.8 Å². The summed E-state index contributed by atoms with van der Waals surface area (Å²) in [6.45, 7) is 2.44. The number of nitrogens with zero attached hydrogens (tertiary/aromatic N) is 5. The first kappa shape index (κ1) is 28.1. The van der Waals surface area contributed by atoms with Crippen LogP contribution >= 0.6 is 0 Å². The highest BCUT2D eigenvalue weighted by Crippen LogP contribution is 2.25. The van der Waals surface area contributed by atoms with Crippen LogP contribution in [0.4, 0.5) is 0 Å². The number of benzene rings is 2. The maximum absolute atomic E-state index is 12.8. The van der Waals surface area contributed by atoms with E-state index in [1.54, 1.807) is 18.2 Å². The molecule has 0 aliphatic rings. The van der Waals surface area contributed by atoms with E-state index in [1.165, 1.54) is 30.8 Å². The van der Waals surface area contributed by atoms with Gasteiger partial charge in [-0.15, -0.1) is 5.01 Å². The molecule has 1 heterocycles. The summed E-state index contributed by atoms with van der Waals surface area (Å²) in [6, 6.07) is 15.3. The molecule has 1 aromatic heterocycles. The average molecular weight is 546 g/mol. The zero-order valence-electron chi connectivity index (χ0n) is 21.2. The first-order valence-corrected chi connectivity index (χ1v) is 13.1. The Kier molecular flexibility index (Phi) is 9.02. The van der Waals surface area contributed by atoms with E-state index in [0.29, 0.717) is 11.4 Å². The van der Waals surface area contributed by atoms with Gasteiger partial charge in [0.1, 0.15) is 13.2 Å². The predicted octanol–water partition coefficient (Wildman–Crippen LogP) is 2.67. The van der Waals surface area contributed by atoms with Crippen molar-refractivity contribution in [3.8, 4) is 16.9 Å². The van der Waals surface area contributed by atoms with E-state index in [9.17, 15) is 23.2 Å². The Balaban J connectivity index is 1.75. The molecule has 0 fully saturated rings. The Morgan fingerprint density at radius 1 is 1.11 bits per heavy atom. The number of carbonyl (C=O) groups excluding carboxylic acids is 2. The molecule has 2 aromatic carbocycles. The Morgan fingerprint density at radius 2 is 1.76 bits per heavy atom. The largest absolute Gasteiger partial charge is 0.569 e. The van der Waals surface area contributed by atoms with Crippen LogP contribution < -0.4 is 0 Å². The number of ether oxygens (including phenoxy) is 2. The molecule has 0 saturated carbocycles. The summed E-state index contributed by atoms with van der Waals surface area (Å²) in [5.74, 6) is -1.31. The van der Waals surface area contributed by atoms with Crippen LogP contribution in [0.25, 0.3) is 16.9 Å². The minimum atomic E-state index is -3.38. The normalized spacial score (nSPS) is 11.6. The molecular weight excluding hydrogens is 518 g/mol. The Bertz CT molecular complexity index is 1420. The summed E-state index contributed by atoms with van der Waals surface area (Å²) >= 11 is 0. The Morgan fingerprint density at radius 3 is 2.37 bits per heavy atom. The molecule has 0 N–H and O–H groups in total. The fourth-order valence-corrected chi connectivity index (χ4v) is 3.75. The SMILES string of the molecule is CC(=O)OCO/N=[N+](/[O-])N(C)CCOC(=O)c1cc(-c2ccc(C)cc2)n(-c2ccc(S(C)(=O)=O)cc2)n1. The van der Waals surface area contributed by atoms with Crippen LogP contribution in [0, 0.1) is 12.1 Å². The minimum Gasteiger partial charge on any atom is -0.569 e. The standard InChI is InChI=1S/C24H27N5O8S/c1-17-5-7-19(8-6-17)23-15-22(25-28(23)20-9-11-21(12-10-20)38(4,33)34)24(31)35-14-13-27(3)29(32)26-37-16-36-18(2)30/h5-12,15H,13-14,16H2,1-4H3/b29-26+. The van der Waals surface area contributed by atoms with Crippen molar-refractivity contribution in [1.29, 1.82) is 0 Å². The zero-order valence-corrected chi connectivity index (χ0v) is 22.0. The van der Waals surface area contributed by atoms with E-state index in [0.717, 1.165) is 22.4 Å². The van der Waals surface area contributed by atoms with Gasteiger partial charge in [0.15, 0.2) is 15.5 Å². The van der Waals surface area contributed by atoms with Crippen LogP contribution in [0.2, 0.25) is 0 Å². The molecule has 0 amide bonds. The lowest BCUT2D eigenvalue weighted by molar-refractivity contribution is -0.706. The van der Waals surface area contributed by atoms with Crippen LogP contribution in [0.3, 0.4) is 0 Å². The maximum atomic E-state index is 12.8. The highest BCUT2D eigenvalue weighted by molar-refractivity contribution is 7.90. The van der Waals surface area contributed by atoms with Gasteiger partial charge in [-0.2, -0.15) is 5.10 Å². The topological polar surface area (TPSA) is 155 Å². The number of aromatic nitrogens is 2. The van der Waals surface area contributed by atoms with Crippen molar-refractivity contribution in [3.63, 3.8) is 0 Å².